The molecule has 0 spiro atoms. The van der Waals surface area contributed by atoms with Crippen molar-refractivity contribution in [1.82, 2.24) is 0 Å². The third kappa shape index (κ3) is 3.60. The number of hydrogen-bond acceptors (Lipinski definition) is 1. The van der Waals surface area contributed by atoms with Crippen LogP contribution >= 0.6 is 0 Å². The summed E-state index contributed by atoms with van der Waals surface area (Å²) in [5.74, 6) is 0.548. The highest BCUT2D eigenvalue weighted by molar-refractivity contribution is 5.86. The van der Waals surface area contributed by atoms with Crippen LogP contribution in [0.15, 0.2) is 11.1 Å². The number of hydrogen-bond donors (Lipinski definition) is 1. The summed E-state index contributed by atoms with van der Waals surface area (Å²) in [7, 11) is 0. The number of rotatable bonds is 3. The van der Waals surface area contributed by atoms with Crippen molar-refractivity contribution in [2.24, 2.45) is 17.3 Å². The summed E-state index contributed by atoms with van der Waals surface area (Å²) in [6.07, 6.45) is 5.68. The second kappa shape index (κ2) is 5.90. The molecular weight excluding hydrogens is 224 g/mol. The third-order valence-corrected chi connectivity index (χ3v) is 4.63. The fraction of sp³-hybridized carbons (Fsp3) is 0.812. The van der Waals surface area contributed by atoms with Gasteiger partial charge in [0.15, 0.2) is 0 Å². The molecule has 1 saturated carbocycles. The van der Waals surface area contributed by atoms with E-state index < -0.39 is 5.97 Å². The fourth-order valence-electron chi connectivity index (χ4n) is 3.31. The molecule has 0 saturated heterocycles. The van der Waals surface area contributed by atoms with Crippen molar-refractivity contribution in [2.45, 2.75) is 66.7 Å². The van der Waals surface area contributed by atoms with Crippen molar-refractivity contribution in [3.05, 3.63) is 11.1 Å². The highest BCUT2D eigenvalue weighted by atomic mass is 16.4. The molecule has 0 atom stereocenters. The molecule has 0 amide bonds. The minimum absolute atomic E-state index is 0.392. The van der Waals surface area contributed by atoms with E-state index in [9.17, 15) is 4.79 Å². The first-order valence-electron chi connectivity index (χ1n) is 7.20. The Kier molecular flexibility index (Phi) is 5.01. The first kappa shape index (κ1) is 15.3. The summed E-state index contributed by atoms with van der Waals surface area (Å²) in [6, 6.07) is 0. The van der Waals surface area contributed by atoms with Crippen LogP contribution < -0.4 is 0 Å². The highest BCUT2D eigenvalue weighted by Gasteiger charge is 2.31. The maximum Gasteiger partial charge on any atom is 0.331 e. The van der Waals surface area contributed by atoms with Crippen molar-refractivity contribution >= 4 is 5.97 Å². The predicted octanol–water partition coefficient (Wildman–Crippen LogP) is 4.65. The normalized spacial score (nSPS) is 26.7. The molecule has 0 aromatic carbocycles. The summed E-state index contributed by atoms with van der Waals surface area (Å²) in [6.45, 7) is 10.8. The number of allylic oxidation sites excluding steroid dienone is 1. The quantitative estimate of drug-likeness (QED) is 0.742. The van der Waals surface area contributed by atoms with Crippen LogP contribution in [0.2, 0.25) is 0 Å². The van der Waals surface area contributed by atoms with Gasteiger partial charge in [-0.15, -0.1) is 0 Å². The lowest BCUT2D eigenvalue weighted by Crippen LogP contribution is -2.27. The van der Waals surface area contributed by atoms with Gasteiger partial charge in [-0.2, -0.15) is 0 Å². The van der Waals surface area contributed by atoms with Crippen LogP contribution in [0.4, 0.5) is 0 Å². The Morgan fingerprint density at radius 2 is 1.67 bits per heavy atom. The van der Waals surface area contributed by atoms with E-state index in [1.165, 1.54) is 18.4 Å². The Morgan fingerprint density at radius 1 is 1.17 bits per heavy atom. The molecule has 0 radical (unpaired) electrons. The number of carboxylic acid groups (broad SMARTS) is 1. The molecule has 104 valence electrons. The lowest BCUT2D eigenvalue weighted by Gasteiger charge is -2.38. The van der Waals surface area contributed by atoms with E-state index in [-0.39, 0.29) is 0 Å². The smallest absolute Gasteiger partial charge is 0.331 e. The molecule has 0 bridgehead atoms. The molecule has 0 aromatic heterocycles. The largest absolute Gasteiger partial charge is 0.478 e. The van der Waals surface area contributed by atoms with Gasteiger partial charge in [0.1, 0.15) is 0 Å². The predicted molar refractivity (Wildman–Crippen MR) is 75.5 cm³/mol. The SMILES string of the molecule is CC/C(=C(\C)C(=O)O)C1CCC(C(C)(C)C)CC1. The van der Waals surface area contributed by atoms with Crippen molar-refractivity contribution in [1.29, 1.82) is 0 Å². The van der Waals surface area contributed by atoms with Crippen LogP contribution in [0.3, 0.4) is 0 Å². The Bertz CT molecular complexity index is 325. The standard InChI is InChI=1S/C16H28O2/c1-6-14(11(2)15(17)18)12-7-9-13(10-8-12)16(3,4)5/h12-13H,6-10H2,1-5H3,(H,17,18)/b14-11-. The summed E-state index contributed by atoms with van der Waals surface area (Å²) in [5.41, 5.74) is 2.15. The highest BCUT2D eigenvalue weighted by Crippen LogP contribution is 2.42. The zero-order valence-electron chi connectivity index (χ0n) is 12.5. The van der Waals surface area contributed by atoms with E-state index in [1.807, 2.05) is 0 Å². The molecule has 1 N–H and O–H groups in total. The Morgan fingerprint density at radius 3 is 2.00 bits per heavy atom. The van der Waals surface area contributed by atoms with Crippen molar-refractivity contribution in [2.75, 3.05) is 0 Å². The number of carboxylic acids is 1. The van der Waals surface area contributed by atoms with Gasteiger partial charge in [0.05, 0.1) is 0 Å². The summed E-state index contributed by atoms with van der Waals surface area (Å²) >= 11 is 0. The van der Waals surface area contributed by atoms with Crippen LogP contribution in [0.1, 0.15) is 66.7 Å². The van der Waals surface area contributed by atoms with E-state index in [4.69, 9.17) is 5.11 Å². The molecule has 0 aliphatic heterocycles. The Hall–Kier alpha value is -0.790. The van der Waals surface area contributed by atoms with Gasteiger partial charge < -0.3 is 5.11 Å². The van der Waals surface area contributed by atoms with Crippen LogP contribution in [0.25, 0.3) is 0 Å². The molecule has 1 rings (SSSR count). The molecule has 0 aromatic rings. The summed E-state index contributed by atoms with van der Waals surface area (Å²) in [5, 5.41) is 9.14. The molecular formula is C16H28O2. The van der Waals surface area contributed by atoms with E-state index in [0.29, 0.717) is 16.9 Å². The average Bonchev–Trinajstić information content (AvgIpc) is 2.29. The molecule has 1 aliphatic rings. The average molecular weight is 252 g/mol. The molecule has 0 heterocycles. The monoisotopic (exact) mass is 252 g/mol. The van der Waals surface area contributed by atoms with Crippen LogP contribution in [-0.4, -0.2) is 11.1 Å². The van der Waals surface area contributed by atoms with E-state index >= 15 is 0 Å². The zero-order chi connectivity index (χ0) is 13.9. The summed E-state index contributed by atoms with van der Waals surface area (Å²) < 4.78 is 0. The number of aliphatic carboxylic acids is 1. The Balaban J connectivity index is 2.73. The van der Waals surface area contributed by atoms with Gasteiger partial charge in [0.2, 0.25) is 0 Å². The third-order valence-electron chi connectivity index (χ3n) is 4.63. The van der Waals surface area contributed by atoms with E-state index in [2.05, 4.69) is 27.7 Å². The van der Waals surface area contributed by atoms with Crippen LogP contribution in [0, 0.1) is 17.3 Å². The number of carbonyl (C=O) groups is 1. The molecule has 18 heavy (non-hydrogen) atoms. The lowest BCUT2D eigenvalue weighted by atomic mass is 9.68. The molecule has 2 heteroatoms. The molecule has 0 unspecified atom stereocenters. The molecule has 1 fully saturated rings. The zero-order valence-corrected chi connectivity index (χ0v) is 12.5. The van der Waals surface area contributed by atoms with Gasteiger partial charge in [-0.25, -0.2) is 4.79 Å². The van der Waals surface area contributed by atoms with Gasteiger partial charge >= 0.3 is 5.97 Å². The maximum absolute atomic E-state index is 11.1. The second-order valence-corrected chi connectivity index (χ2v) is 6.72. The first-order valence-corrected chi connectivity index (χ1v) is 7.20. The van der Waals surface area contributed by atoms with Gasteiger partial charge in [-0.3, -0.25) is 0 Å². The fourth-order valence-corrected chi connectivity index (χ4v) is 3.31. The minimum atomic E-state index is -0.746. The van der Waals surface area contributed by atoms with Gasteiger partial charge in [0.25, 0.3) is 0 Å². The minimum Gasteiger partial charge on any atom is -0.478 e. The van der Waals surface area contributed by atoms with Crippen molar-refractivity contribution in [3.63, 3.8) is 0 Å². The van der Waals surface area contributed by atoms with Gasteiger partial charge in [-0.05, 0) is 56.3 Å². The second-order valence-electron chi connectivity index (χ2n) is 6.72. The molecule has 2 nitrogen and oxygen atoms in total. The topological polar surface area (TPSA) is 37.3 Å². The summed E-state index contributed by atoms with van der Waals surface area (Å²) in [4.78, 5) is 11.1. The van der Waals surface area contributed by atoms with Gasteiger partial charge in [0, 0.05) is 5.57 Å². The Labute approximate surface area is 111 Å². The van der Waals surface area contributed by atoms with E-state index in [1.54, 1.807) is 6.92 Å². The maximum atomic E-state index is 11.1. The first-order chi connectivity index (χ1) is 8.27. The van der Waals surface area contributed by atoms with E-state index in [0.717, 1.165) is 25.2 Å². The van der Waals surface area contributed by atoms with Crippen LogP contribution in [-0.2, 0) is 4.79 Å². The van der Waals surface area contributed by atoms with Crippen LogP contribution in [0.5, 0.6) is 0 Å². The van der Waals surface area contributed by atoms with Crippen molar-refractivity contribution < 1.29 is 9.90 Å². The lowest BCUT2D eigenvalue weighted by molar-refractivity contribution is -0.132. The molecule has 1 aliphatic carbocycles. The van der Waals surface area contributed by atoms with Crippen molar-refractivity contribution in [3.8, 4) is 0 Å². The van der Waals surface area contributed by atoms with Gasteiger partial charge in [-0.1, -0.05) is 33.3 Å².